The van der Waals surface area contributed by atoms with E-state index in [1.54, 1.807) is 17.7 Å². The Morgan fingerprint density at radius 2 is 2.19 bits per heavy atom. The first-order valence-electron chi connectivity index (χ1n) is 9.20. The molecule has 3 unspecified atom stereocenters. The molecule has 3 N–H and O–H groups in total. The van der Waals surface area contributed by atoms with Crippen LogP contribution in [0.2, 0.25) is 0 Å². The second-order valence-electron chi connectivity index (χ2n) is 7.16. The zero-order chi connectivity index (χ0) is 17.2. The lowest BCUT2D eigenvalue weighted by Gasteiger charge is -2.34. The van der Waals surface area contributed by atoms with Crippen LogP contribution in [0, 0.1) is 11.8 Å². The molecule has 2 aromatic heterocycles. The molecule has 26 heavy (non-hydrogen) atoms. The molecule has 1 aliphatic heterocycles. The molecule has 2 aromatic rings. The summed E-state index contributed by atoms with van der Waals surface area (Å²) in [5, 5.41) is 6.41. The maximum atomic E-state index is 12.8. The first kappa shape index (κ1) is 19.3. The Hall–Kier alpha value is -1.44. The lowest BCUT2D eigenvalue weighted by atomic mass is 9.95. The molecule has 142 valence electrons. The van der Waals surface area contributed by atoms with Gasteiger partial charge in [-0.25, -0.2) is 9.97 Å². The van der Waals surface area contributed by atoms with Crippen molar-refractivity contribution in [2.45, 2.75) is 38.1 Å². The minimum Gasteiger partial charge on any atom is -0.355 e. The molecule has 1 aliphatic carbocycles. The second kappa shape index (κ2) is 8.50. The zero-order valence-corrected chi connectivity index (χ0v) is 16.4. The monoisotopic (exact) mass is 395 g/mol. The normalized spacial score (nSPS) is 25.9. The molecular weight excluding hydrogens is 370 g/mol. The van der Waals surface area contributed by atoms with Gasteiger partial charge < -0.3 is 16.0 Å². The Balaban J connectivity index is 0.00000196. The number of nitrogens with two attached hydrogens (primary N) is 1. The Bertz CT molecular complexity index is 754. The summed E-state index contributed by atoms with van der Waals surface area (Å²) in [5.41, 5.74) is 5.85. The number of hydrogen-bond donors (Lipinski definition) is 2. The summed E-state index contributed by atoms with van der Waals surface area (Å²) in [7, 11) is 0. The molecule has 8 heteroatoms. The smallest absolute Gasteiger partial charge is 0.225 e. The molecule has 0 aromatic carbocycles. The van der Waals surface area contributed by atoms with E-state index in [0.717, 1.165) is 54.8 Å². The zero-order valence-electron chi connectivity index (χ0n) is 14.8. The molecule has 6 nitrogen and oxygen atoms in total. The number of thiophene rings is 1. The van der Waals surface area contributed by atoms with Gasteiger partial charge in [-0.2, -0.15) is 0 Å². The van der Waals surface area contributed by atoms with Gasteiger partial charge >= 0.3 is 0 Å². The van der Waals surface area contributed by atoms with E-state index in [4.69, 9.17) is 5.73 Å². The van der Waals surface area contributed by atoms with Gasteiger partial charge in [-0.1, -0.05) is 6.42 Å². The highest BCUT2D eigenvalue weighted by atomic mass is 35.5. The summed E-state index contributed by atoms with van der Waals surface area (Å²) in [5.74, 6) is 1.61. The van der Waals surface area contributed by atoms with Crippen LogP contribution in [-0.2, 0) is 4.79 Å². The average Bonchev–Trinajstić information content (AvgIpc) is 3.30. The van der Waals surface area contributed by atoms with Gasteiger partial charge in [0.1, 0.15) is 17.0 Å². The van der Waals surface area contributed by atoms with E-state index in [0.29, 0.717) is 12.5 Å². The molecule has 3 heterocycles. The van der Waals surface area contributed by atoms with Crippen LogP contribution < -0.4 is 16.0 Å². The Morgan fingerprint density at radius 1 is 1.31 bits per heavy atom. The summed E-state index contributed by atoms with van der Waals surface area (Å²) in [6, 6.07) is 2.33. The van der Waals surface area contributed by atoms with Gasteiger partial charge in [0.2, 0.25) is 5.91 Å². The van der Waals surface area contributed by atoms with Crippen LogP contribution >= 0.6 is 23.7 Å². The van der Waals surface area contributed by atoms with Gasteiger partial charge in [-0.3, -0.25) is 4.79 Å². The Morgan fingerprint density at radius 3 is 3.04 bits per heavy atom. The molecule has 4 rings (SSSR count). The molecule has 1 amide bonds. The van der Waals surface area contributed by atoms with Crippen molar-refractivity contribution in [2.75, 3.05) is 24.5 Å². The molecular formula is C18H26ClN5OS. The summed E-state index contributed by atoms with van der Waals surface area (Å²) in [6.07, 6.45) is 6.95. The first-order chi connectivity index (χ1) is 12.3. The lowest BCUT2D eigenvalue weighted by Crippen LogP contribution is -2.47. The number of piperidine rings is 1. The second-order valence-corrected chi connectivity index (χ2v) is 8.06. The minimum atomic E-state index is 0. The predicted octanol–water partition coefficient (Wildman–Crippen LogP) is 2.57. The largest absolute Gasteiger partial charge is 0.355 e. The van der Waals surface area contributed by atoms with Crippen molar-refractivity contribution in [1.82, 2.24) is 15.3 Å². The standard InChI is InChI=1S/C18H25N5OS.ClH/c19-9-12-3-1-5-15(12)22-17(24)13-4-2-7-23(10-13)16-14-6-8-25-18(14)21-11-20-16;/h6,8,11-13,15H,1-5,7,9-10,19H2,(H,22,24);1H. The fourth-order valence-electron chi connectivity index (χ4n) is 4.22. The molecule has 1 saturated heterocycles. The molecule has 2 aliphatic rings. The lowest BCUT2D eigenvalue weighted by molar-refractivity contribution is -0.126. The maximum Gasteiger partial charge on any atom is 0.225 e. The number of anilines is 1. The highest BCUT2D eigenvalue weighted by molar-refractivity contribution is 7.16. The van der Waals surface area contributed by atoms with E-state index in [1.807, 2.05) is 5.38 Å². The maximum absolute atomic E-state index is 12.8. The number of rotatable bonds is 4. The van der Waals surface area contributed by atoms with Gasteiger partial charge in [0, 0.05) is 19.1 Å². The van der Waals surface area contributed by atoms with E-state index < -0.39 is 0 Å². The SMILES string of the molecule is Cl.NCC1CCCC1NC(=O)C1CCCN(c2ncnc3sccc23)C1. The van der Waals surface area contributed by atoms with Crippen molar-refractivity contribution in [2.24, 2.45) is 17.6 Å². The van der Waals surface area contributed by atoms with E-state index >= 15 is 0 Å². The van der Waals surface area contributed by atoms with Crippen LogP contribution in [-0.4, -0.2) is 41.6 Å². The summed E-state index contributed by atoms with van der Waals surface area (Å²) in [6.45, 7) is 2.34. The van der Waals surface area contributed by atoms with Crippen molar-refractivity contribution >= 4 is 45.7 Å². The average molecular weight is 396 g/mol. The van der Waals surface area contributed by atoms with Crippen molar-refractivity contribution in [3.8, 4) is 0 Å². The van der Waals surface area contributed by atoms with Gasteiger partial charge in [0.05, 0.1) is 11.3 Å². The van der Waals surface area contributed by atoms with E-state index in [-0.39, 0.29) is 30.3 Å². The van der Waals surface area contributed by atoms with Crippen LogP contribution in [0.4, 0.5) is 5.82 Å². The summed E-state index contributed by atoms with van der Waals surface area (Å²) in [4.78, 5) is 24.9. The van der Waals surface area contributed by atoms with Crippen molar-refractivity contribution in [3.63, 3.8) is 0 Å². The predicted molar refractivity (Wildman–Crippen MR) is 108 cm³/mol. The number of nitrogens with zero attached hydrogens (tertiary/aromatic N) is 3. The fourth-order valence-corrected chi connectivity index (χ4v) is 4.95. The third-order valence-electron chi connectivity index (χ3n) is 5.62. The number of carbonyl (C=O) groups is 1. The number of carbonyl (C=O) groups excluding carboxylic acids is 1. The summed E-state index contributed by atoms with van der Waals surface area (Å²) >= 11 is 1.63. The van der Waals surface area contributed by atoms with Gasteiger partial charge in [0.25, 0.3) is 0 Å². The Kier molecular flexibility index (Phi) is 6.32. The van der Waals surface area contributed by atoms with Crippen molar-refractivity contribution < 1.29 is 4.79 Å². The summed E-state index contributed by atoms with van der Waals surface area (Å²) < 4.78 is 0. The van der Waals surface area contributed by atoms with Crippen LogP contribution in [0.5, 0.6) is 0 Å². The number of fused-ring (bicyclic) bond motifs is 1. The van der Waals surface area contributed by atoms with E-state index in [2.05, 4.69) is 26.3 Å². The highest BCUT2D eigenvalue weighted by Gasteiger charge is 2.32. The quantitative estimate of drug-likeness (QED) is 0.831. The van der Waals surface area contributed by atoms with Gasteiger partial charge in [-0.05, 0) is 49.6 Å². The molecule has 0 spiro atoms. The number of aromatic nitrogens is 2. The fraction of sp³-hybridized carbons (Fsp3) is 0.611. The number of hydrogen-bond acceptors (Lipinski definition) is 6. The topological polar surface area (TPSA) is 84.1 Å². The number of halogens is 1. The highest BCUT2D eigenvalue weighted by Crippen LogP contribution is 2.30. The molecule has 1 saturated carbocycles. The van der Waals surface area contributed by atoms with Crippen LogP contribution in [0.15, 0.2) is 17.8 Å². The van der Waals surface area contributed by atoms with Crippen molar-refractivity contribution in [3.05, 3.63) is 17.8 Å². The van der Waals surface area contributed by atoms with Gasteiger partial charge in [0.15, 0.2) is 0 Å². The van der Waals surface area contributed by atoms with E-state index in [9.17, 15) is 4.79 Å². The van der Waals surface area contributed by atoms with Crippen molar-refractivity contribution in [1.29, 1.82) is 0 Å². The third-order valence-corrected chi connectivity index (χ3v) is 6.44. The molecule has 0 bridgehead atoms. The van der Waals surface area contributed by atoms with Crippen LogP contribution in [0.3, 0.4) is 0 Å². The van der Waals surface area contributed by atoms with Gasteiger partial charge in [-0.15, -0.1) is 23.7 Å². The van der Waals surface area contributed by atoms with Crippen LogP contribution in [0.1, 0.15) is 32.1 Å². The number of amides is 1. The minimum absolute atomic E-state index is 0. The first-order valence-corrected chi connectivity index (χ1v) is 10.1. The van der Waals surface area contributed by atoms with Crippen LogP contribution in [0.25, 0.3) is 10.2 Å². The Labute approximate surface area is 164 Å². The molecule has 0 radical (unpaired) electrons. The molecule has 3 atom stereocenters. The third kappa shape index (κ3) is 3.80. The van der Waals surface area contributed by atoms with E-state index in [1.165, 1.54) is 6.42 Å². The number of nitrogens with one attached hydrogen (secondary N) is 1. The molecule has 2 fully saturated rings.